The number of aliphatic carboxylic acids is 1. The number of hydrogen-bond donors (Lipinski definition) is 3. The van der Waals surface area contributed by atoms with E-state index in [9.17, 15) is 14.7 Å². The Morgan fingerprint density at radius 1 is 1.12 bits per heavy atom. The van der Waals surface area contributed by atoms with Crippen molar-refractivity contribution >= 4 is 22.9 Å². The largest absolute Gasteiger partial charge is 0.497 e. The lowest BCUT2D eigenvalue weighted by atomic mass is 9.89. The zero-order chi connectivity index (χ0) is 22.7. The van der Waals surface area contributed by atoms with E-state index in [4.69, 9.17) is 4.74 Å². The number of methoxy groups -OCH3 is 1. The number of para-hydroxylation sites is 1. The molecule has 7 heteroatoms. The number of hydrogen-bond acceptors (Lipinski definition) is 3. The van der Waals surface area contributed by atoms with Crippen LogP contribution in [0.1, 0.15) is 42.7 Å². The van der Waals surface area contributed by atoms with Crippen LogP contribution in [-0.2, 0) is 4.79 Å². The number of benzene rings is 2. The smallest absolute Gasteiger partial charge is 0.326 e. The van der Waals surface area contributed by atoms with Crippen LogP contribution in [0.4, 0.5) is 4.79 Å². The number of piperidine rings is 1. The molecule has 1 saturated heterocycles. The predicted octanol–water partition coefficient (Wildman–Crippen LogP) is 4.32. The molecule has 4 rings (SSSR count). The van der Waals surface area contributed by atoms with E-state index < -0.39 is 12.0 Å². The van der Waals surface area contributed by atoms with E-state index in [1.807, 2.05) is 49.5 Å². The molecule has 2 aromatic carbocycles. The first-order valence-corrected chi connectivity index (χ1v) is 11.0. The van der Waals surface area contributed by atoms with E-state index in [1.54, 1.807) is 12.0 Å². The number of aromatic nitrogens is 1. The van der Waals surface area contributed by atoms with Gasteiger partial charge in [-0.2, -0.15) is 0 Å². The molecule has 2 amide bonds. The number of carboxylic acid groups (broad SMARTS) is 1. The first kappa shape index (κ1) is 21.7. The van der Waals surface area contributed by atoms with Gasteiger partial charge in [0.05, 0.1) is 7.11 Å². The maximum Gasteiger partial charge on any atom is 0.326 e. The summed E-state index contributed by atoms with van der Waals surface area (Å²) >= 11 is 0. The van der Waals surface area contributed by atoms with Crippen molar-refractivity contribution in [3.8, 4) is 5.75 Å². The Labute approximate surface area is 187 Å². The molecule has 3 N–H and O–H groups in total. The predicted molar refractivity (Wildman–Crippen MR) is 123 cm³/mol. The Morgan fingerprint density at radius 3 is 2.47 bits per heavy atom. The molecular formula is C25H29N3O4. The SMILES string of the molecule is COc1ccc(C2CCN(C(=O)N[C@@H](C(=O)O)[C@@H](C)c3c[nH]c4ccccc34)CC2)cc1. The third-order valence-corrected chi connectivity index (χ3v) is 6.53. The number of aromatic amines is 1. The van der Waals surface area contributed by atoms with Gasteiger partial charge in [0.1, 0.15) is 11.8 Å². The summed E-state index contributed by atoms with van der Waals surface area (Å²) in [4.78, 5) is 29.8. The number of urea groups is 1. The van der Waals surface area contributed by atoms with Crippen LogP contribution in [0.5, 0.6) is 5.75 Å². The van der Waals surface area contributed by atoms with Gasteiger partial charge in [-0.05, 0) is 48.1 Å². The van der Waals surface area contributed by atoms with Crippen molar-refractivity contribution in [3.63, 3.8) is 0 Å². The lowest BCUT2D eigenvalue weighted by molar-refractivity contribution is -0.139. The van der Waals surface area contributed by atoms with E-state index in [0.717, 1.165) is 35.1 Å². The zero-order valence-corrected chi connectivity index (χ0v) is 18.4. The average molecular weight is 436 g/mol. The molecule has 0 bridgehead atoms. The van der Waals surface area contributed by atoms with Crippen LogP contribution in [0.2, 0.25) is 0 Å². The fourth-order valence-corrected chi connectivity index (χ4v) is 4.57. The van der Waals surface area contributed by atoms with Gasteiger partial charge in [-0.3, -0.25) is 0 Å². The second-order valence-corrected chi connectivity index (χ2v) is 8.38. The summed E-state index contributed by atoms with van der Waals surface area (Å²) in [5.74, 6) is -0.214. The number of H-pyrrole nitrogens is 1. The number of rotatable bonds is 6. The standard InChI is InChI=1S/C25H29N3O4/c1-16(21-15-26-22-6-4-3-5-20(21)22)23(24(29)30)27-25(31)28-13-11-18(12-14-28)17-7-9-19(32-2)10-8-17/h3-10,15-16,18,23,26H,11-14H2,1-2H3,(H,27,31)(H,29,30)/t16-,23+/m0/s1. The maximum atomic E-state index is 12.9. The Balaban J connectivity index is 1.39. The van der Waals surface area contributed by atoms with E-state index in [-0.39, 0.29) is 11.9 Å². The van der Waals surface area contributed by atoms with Crippen LogP contribution < -0.4 is 10.1 Å². The minimum atomic E-state index is -1.04. The molecular weight excluding hydrogens is 406 g/mol. The molecule has 7 nitrogen and oxygen atoms in total. The number of amides is 2. The average Bonchev–Trinajstić information content (AvgIpc) is 3.26. The lowest BCUT2D eigenvalue weighted by Gasteiger charge is -2.33. The molecule has 3 aromatic rings. The van der Waals surface area contributed by atoms with Gasteiger partial charge in [0.2, 0.25) is 0 Å². The van der Waals surface area contributed by atoms with Crippen molar-refractivity contribution in [1.29, 1.82) is 0 Å². The van der Waals surface area contributed by atoms with Crippen molar-refractivity contribution in [3.05, 3.63) is 65.9 Å². The zero-order valence-electron chi connectivity index (χ0n) is 18.4. The van der Waals surface area contributed by atoms with E-state index in [0.29, 0.717) is 19.0 Å². The number of carboxylic acids is 1. The molecule has 0 radical (unpaired) electrons. The van der Waals surface area contributed by atoms with Gasteiger partial charge in [0, 0.05) is 36.1 Å². The molecule has 1 fully saturated rings. The van der Waals surface area contributed by atoms with Crippen LogP contribution >= 0.6 is 0 Å². The molecule has 1 aromatic heterocycles. The van der Waals surface area contributed by atoms with Crippen molar-refractivity contribution in [2.24, 2.45) is 0 Å². The fraction of sp³-hybridized carbons (Fsp3) is 0.360. The highest BCUT2D eigenvalue weighted by molar-refractivity contribution is 5.87. The minimum Gasteiger partial charge on any atom is -0.497 e. The van der Waals surface area contributed by atoms with Crippen molar-refractivity contribution in [1.82, 2.24) is 15.2 Å². The normalized spacial score (nSPS) is 16.5. The van der Waals surface area contributed by atoms with Gasteiger partial charge in [0.25, 0.3) is 0 Å². The molecule has 0 unspecified atom stereocenters. The van der Waals surface area contributed by atoms with Crippen LogP contribution in [0.15, 0.2) is 54.7 Å². The monoisotopic (exact) mass is 435 g/mol. The topological polar surface area (TPSA) is 94.7 Å². The Hall–Kier alpha value is -3.48. The van der Waals surface area contributed by atoms with Gasteiger partial charge in [-0.1, -0.05) is 37.3 Å². The molecule has 2 heterocycles. The minimum absolute atomic E-state index is 0.322. The third-order valence-electron chi connectivity index (χ3n) is 6.53. The van der Waals surface area contributed by atoms with Crippen molar-refractivity contribution in [2.75, 3.05) is 20.2 Å². The molecule has 0 aliphatic carbocycles. The number of carbonyl (C=O) groups excluding carboxylic acids is 1. The van der Waals surface area contributed by atoms with Gasteiger partial charge in [-0.25, -0.2) is 9.59 Å². The molecule has 1 aliphatic heterocycles. The Kier molecular flexibility index (Phi) is 6.35. The number of ether oxygens (including phenoxy) is 1. The quantitative estimate of drug-likeness (QED) is 0.537. The van der Waals surface area contributed by atoms with Crippen LogP contribution in [0.25, 0.3) is 10.9 Å². The number of nitrogens with one attached hydrogen (secondary N) is 2. The van der Waals surface area contributed by atoms with Crippen molar-refractivity contribution in [2.45, 2.75) is 37.6 Å². The number of carbonyl (C=O) groups is 2. The second-order valence-electron chi connectivity index (χ2n) is 8.38. The first-order chi connectivity index (χ1) is 15.5. The highest BCUT2D eigenvalue weighted by atomic mass is 16.5. The molecule has 2 atom stereocenters. The number of fused-ring (bicyclic) bond motifs is 1. The summed E-state index contributed by atoms with van der Waals surface area (Å²) in [5, 5.41) is 13.6. The molecule has 0 spiro atoms. The molecule has 168 valence electrons. The summed E-state index contributed by atoms with van der Waals surface area (Å²) in [6.07, 6.45) is 3.52. The summed E-state index contributed by atoms with van der Waals surface area (Å²) in [6.45, 7) is 3.03. The summed E-state index contributed by atoms with van der Waals surface area (Å²) < 4.78 is 5.22. The Morgan fingerprint density at radius 2 is 1.81 bits per heavy atom. The first-order valence-electron chi connectivity index (χ1n) is 11.0. The summed E-state index contributed by atoms with van der Waals surface area (Å²) in [5.41, 5.74) is 3.07. The van der Waals surface area contributed by atoms with E-state index in [2.05, 4.69) is 22.4 Å². The number of likely N-dealkylation sites (tertiary alicyclic amines) is 1. The van der Waals surface area contributed by atoms with Crippen LogP contribution in [0, 0.1) is 0 Å². The van der Waals surface area contributed by atoms with E-state index in [1.165, 1.54) is 5.56 Å². The molecule has 1 aliphatic rings. The lowest BCUT2D eigenvalue weighted by Crippen LogP contribution is -2.51. The van der Waals surface area contributed by atoms with Crippen LogP contribution in [0.3, 0.4) is 0 Å². The fourth-order valence-electron chi connectivity index (χ4n) is 4.57. The van der Waals surface area contributed by atoms with Crippen molar-refractivity contribution < 1.29 is 19.4 Å². The van der Waals surface area contributed by atoms with Gasteiger partial charge >= 0.3 is 12.0 Å². The summed E-state index contributed by atoms with van der Waals surface area (Å²) in [6, 6.07) is 14.5. The molecule has 0 saturated carbocycles. The second kappa shape index (κ2) is 9.34. The highest BCUT2D eigenvalue weighted by Gasteiger charge is 2.32. The van der Waals surface area contributed by atoms with E-state index >= 15 is 0 Å². The molecule has 32 heavy (non-hydrogen) atoms. The number of nitrogens with zero attached hydrogens (tertiary/aromatic N) is 1. The third kappa shape index (κ3) is 4.42. The maximum absolute atomic E-state index is 12.9. The summed E-state index contributed by atoms with van der Waals surface area (Å²) in [7, 11) is 1.65. The van der Waals surface area contributed by atoms with Gasteiger partial charge in [-0.15, -0.1) is 0 Å². The Bertz CT molecular complexity index is 1080. The highest BCUT2D eigenvalue weighted by Crippen LogP contribution is 2.30. The van der Waals surface area contributed by atoms with Gasteiger partial charge < -0.3 is 25.0 Å². The van der Waals surface area contributed by atoms with Crippen LogP contribution in [-0.4, -0.2) is 53.2 Å². The van der Waals surface area contributed by atoms with Gasteiger partial charge in [0.15, 0.2) is 0 Å².